The molecule has 0 aliphatic carbocycles. The average Bonchev–Trinajstić information content (AvgIpc) is 2.09. The molecule has 0 bridgehead atoms. The van der Waals surface area contributed by atoms with Gasteiger partial charge in [-0.05, 0) is 6.42 Å². The molecule has 0 fully saturated rings. The number of aromatic nitrogens is 1. The topological polar surface area (TPSA) is 3.88 Å². The lowest BCUT2D eigenvalue weighted by Crippen LogP contribution is -2.36. The molecule has 1 rings (SSSR count). The van der Waals surface area contributed by atoms with Crippen molar-refractivity contribution < 1.29 is 4.57 Å². The summed E-state index contributed by atoms with van der Waals surface area (Å²) in [5, 5.41) is 1.11. The van der Waals surface area contributed by atoms with Crippen molar-refractivity contribution in [1.82, 2.24) is 0 Å². The molecule has 66 valence electrons. The van der Waals surface area contributed by atoms with Crippen LogP contribution in [0.2, 0.25) is 0 Å². The molecule has 0 aliphatic rings. The highest BCUT2D eigenvalue weighted by molar-refractivity contribution is 9.09. The van der Waals surface area contributed by atoms with E-state index >= 15 is 0 Å². The number of rotatable bonds is 4. The number of halogens is 1. The molecule has 0 amide bonds. The van der Waals surface area contributed by atoms with E-state index in [-0.39, 0.29) is 0 Å². The molecule has 12 heavy (non-hydrogen) atoms. The van der Waals surface area contributed by atoms with Crippen LogP contribution in [0.15, 0.2) is 24.4 Å². The van der Waals surface area contributed by atoms with E-state index in [0.717, 1.165) is 11.9 Å². The molecule has 1 nitrogen and oxygen atoms in total. The van der Waals surface area contributed by atoms with E-state index in [0.29, 0.717) is 0 Å². The average molecular weight is 229 g/mol. The Morgan fingerprint density at radius 2 is 2.17 bits per heavy atom. The highest BCUT2D eigenvalue weighted by Gasteiger charge is 2.01. The van der Waals surface area contributed by atoms with Crippen LogP contribution in [0.4, 0.5) is 0 Å². The van der Waals surface area contributed by atoms with E-state index < -0.39 is 0 Å². The zero-order valence-electron chi connectivity index (χ0n) is 7.46. The zero-order chi connectivity index (χ0) is 8.81. The van der Waals surface area contributed by atoms with E-state index in [1.165, 1.54) is 18.5 Å². The fourth-order valence-corrected chi connectivity index (χ4v) is 1.59. The predicted molar refractivity (Wildman–Crippen MR) is 54.4 cm³/mol. The lowest BCUT2D eigenvalue weighted by Gasteiger charge is -1.98. The fourth-order valence-electron chi connectivity index (χ4n) is 1.19. The molecule has 1 aromatic heterocycles. The van der Waals surface area contributed by atoms with Gasteiger partial charge in [0, 0.05) is 30.8 Å². The monoisotopic (exact) mass is 228 g/mol. The first-order valence-electron chi connectivity index (χ1n) is 4.35. The van der Waals surface area contributed by atoms with Crippen LogP contribution < -0.4 is 4.57 Å². The molecule has 0 aromatic carbocycles. The minimum atomic E-state index is 1.11. The van der Waals surface area contributed by atoms with Gasteiger partial charge in [0.15, 0.2) is 11.9 Å². The quantitative estimate of drug-likeness (QED) is 0.424. The molecular formula is C10H15BrN+. The number of nitrogens with zero attached hydrogens (tertiary/aromatic N) is 1. The van der Waals surface area contributed by atoms with Gasteiger partial charge >= 0.3 is 0 Å². The maximum Gasteiger partial charge on any atom is 0.178 e. The van der Waals surface area contributed by atoms with Gasteiger partial charge in [-0.2, -0.15) is 0 Å². The van der Waals surface area contributed by atoms with Crippen LogP contribution in [-0.2, 0) is 6.54 Å². The van der Waals surface area contributed by atoms with Gasteiger partial charge in [-0.1, -0.05) is 22.0 Å². The Balaban J connectivity index is 2.46. The van der Waals surface area contributed by atoms with Crippen LogP contribution in [0.5, 0.6) is 0 Å². The van der Waals surface area contributed by atoms with Crippen molar-refractivity contribution in [2.24, 2.45) is 0 Å². The van der Waals surface area contributed by atoms with Crippen molar-refractivity contribution in [2.45, 2.75) is 26.3 Å². The number of alkyl halides is 1. The van der Waals surface area contributed by atoms with Crippen LogP contribution in [0.1, 0.15) is 18.5 Å². The fraction of sp³-hybridized carbons (Fsp3) is 0.500. The normalized spacial score (nSPS) is 10.2. The van der Waals surface area contributed by atoms with Crippen molar-refractivity contribution in [1.29, 1.82) is 0 Å². The lowest BCUT2D eigenvalue weighted by molar-refractivity contribution is -0.703. The summed E-state index contributed by atoms with van der Waals surface area (Å²) in [7, 11) is 0. The molecule has 0 spiro atoms. The summed E-state index contributed by atoms with van der Waals surface area (Å²) in [6, 6.07) is 6.31. The van der Waals surface area contributed by atoms with E-state index in [2.05, 4.69) is 51.8 Å². The van der Waals surface area contributed by atoms with Crippen molar-refractivity contribution in [3.8, 4) is 0 Å². The SMILES string of the molecule is Cc1cccc[n+]1CCCCBr. The second kappa shape index (κ2) is 5.31. The summed E-state index contributed by atoms with van der Waals surface area (Å²) in [6.45, 7) is 3.28. The summed E-state index contributed by atoms with van der Waals surface area (Å²) < 4.78 is 2.29. The Labute approximate surface area is 82.6 Å². The van der Waals surface area contributed by atoms with Crippen molar-refractivity contribution in [3.05, 3.63) is 30.1 Å². The maximum atomic E-state index is 3.43. The number of hydrogen-bond donors (Lipinski definition) is 0. The second-order valence-corrected chi connectivity index (χ2v) is 3.72. The highest BCUT2D eigenvalue weighted by atomic mass is 79.9. The molecule has 0 saturated carbocycles. The van der Waals surface area contributed by atoms with Crippen LogP contribution in [0, 0.1) is 6.92 Å². The number of hydrogen-bond acceptors (Lipinski definition) is 0. The van der Waals surface area contributed by atoms with E-state index in [9.17, 15) is 0 Å². The molecule has 1 heterocycles. The predicted octanol–water partition coefficient (Wildman–Crippen LogP) is 2.46. The summed E-state index contributed by atoms with van der Waals surface area (Å²) in [6.07, 6.45) is 4.64. The summed E-state index contributed by atoms with van der Waals surface area (Å²) in [4.78, 5) is 0. The van der Waals surface area contributed by atoms with Crippen LogP contribution in [0.25, 0.3) is 0 Å². The molecule has 1 aromatic rings. The molecule has 2 heteroatoms. The zero-order valence-corrected chi connectivity index (χ0v) is 9.05. The Bertz CT molecular complexity index is 235. The smallest absolute Gasteiger partial charge is 0.178 e. The van der Waals surface area contributed by atoms with Gasteiger partial charge in [-0.3, -0.25) is 0 Å². The minimum absolute atomic E-state index is 1.11. The molecule has 0 saturated heterocycles. The van der Waals surface area contributed by atoms with Crippen LogP contribution in [-0.4, -0.2) is 5.33 Å². The molecule has 0 aliphatic heterocycles. The molecule has 0 radical (unpaired) electrons. The molecular weight excluding hydrogens is 214 g/mol. The van der Waals surface area contributed by atoms with Crippen molar-refractivity contribution in [2.75, 3.05) is 5.33 Å². The van der Waals surface area contributed by atoms with Gasteiger partial charge in [-0.15, -0.1) is 0 Å². The van der Waals surface area contributed by atoms with Gasteiger partial charge in [0.1, 0.15) is 6.54 Å². The summed E-state index contributed by atoms with van der Waals surface area (Å²) >= 11 is 3.43. The third-order valence-corrected chi connectivity index (χ3v) is 2.51. The maximum absolute atomic E-state index is 3.43. The van der Waals surface area contributed by atoms with Gasteiger partial charge in [-0.25, -0.2) is 4.57 Å². The summed E-state index contributed by atoms with van der Waals surface area (Å²) in [5.41, 5.74) is 1.34. The first-order chi connectivity index (χ1) is 5.84. The first kappa shape index (κ1) is 9.72. The Morgan fingerprint density at radius 1 is 1.33 bits per heavy atom. The van der Waals surface area contributed by atoms with Gasteiger partial charge in [0.2, 0.25) is 0 Å². The largest absolute Gasteiger partial charge is 0.203 e. The third-order valence-electron chi connectivity index (χ3n) is 1.95. The minimum Gasteiger partial charge on any atom is -0.203 e. The highest BCUT2D eigenvalue weighted by Crippen LogP contribution is 1.95. The lowest BCUT2D eigenvalue weighted by atomic mass is 10.3. The standard InChI is InChI=1S/C10H15BrN/c1-10-6-2-4-8-12(10)9-5-3-7-11/h2,4,6,8H,3,5,7,9H2,1H3/q+1. The van der Waals surface area contributed by atoms with Crippen molar-refractivity contribution in [3.63, 3.8) is 0 Å². The second-order valence-electron chi connectivity index (χ2n) is 2.93. The molecule has 0 N–H and O–H groups in total. The number of pyridine rings is 1. The third kappa shape index (κ3) is 2.94. The number of unbranched alkanes of at least 4 members (excludes halogenated alkanes) is 1. The van der Waals surface area contributed by atoms with Gasteiger partial charge in [0.05, 0.1) is 0 Å². The van der Waals surface area contributed by atoms with E-state index in [1.807, 2.05) is 0 Å². The molecule has 0 unspecified atom stereocenters. The first-order valence-corrected chi connectivity index (χ1v) is 5.48. The van der Waals surface area contributed by atoms with Crippen molar-refractivity contribution >= 4 is 15.9 Å². The Morgan fingerprint density at radius 3 is 2.83 bits per heavy atom. The Kier molecular flexibility index (Phi) is 4.30. The van der Waals surface area contributed by atoms with Gasteiger partial charge < -0.3 is 0 Å². The summed E-state index contributed by atoms with van der Waals surface area (Å²) in [5.74, 6) is 0. The van der Waals surface area contributed by atoms with E-state index in [1.54, 1.807) is 0 Å². The Hall–Kier alpha value is -0.370. The van der Waals surface area contributed by atoms with Crippen LogP contribution in [0.3, 0.4) is 0 Å². The van der Waals surface area contributed by atoms with Crippen LogP contribution >= 0.6 is 15.9 Å². The van der Waals surface area contributed by atoms with E-state index in [4.69, 9.17) is 0 Å². The van der Waals surface area contributed by atoms with Gasteiger partial charge in [0.25, 0.3) is 0 Å². The number of aryl methyl sites for hydroxylation is 2. The molecule has 0 atom stereocenters.